The van der Waals surface area contributed by atoms with Crippen molar-refractivity contribution in [1.82, 2.24) is 0 Å². The smallest absolute Gasteiger partial charge is 0.306 e. The third-order valence-electron chi connectivity index (χ3n) is 10.6. The Morgan fingerprint density at radius 3 is 2.65 bits per heavy atom. The third kappa shape index (κ3) is 2.15. The van der Waals surface area contributed by atoms with Gasteiger partial charge in [-0.2, -0.15) is 0 Å². The number of aliphatic carboxylic acids is 2. The van der Waals surface area contributed by atoms with Crippen molar-refractivity contribution in [3.63, 3.8) is 0 Å². The van der Waals surface area contributed by atoms with Crippen LogP contribution in [-0.4, -0.2) is 62.6 Å². The number of epoxide rings is 2. The Morgan fingerprint density at radius 2 is 1.97 bits per heavy atom. The van der Waals surface area contributed by atoms with E-state index in [0.29, 0.717) is 32.1 Å². The van der Waals surface area contributed by atoms with Crippen LogP contribution in [0.2, 0.25) is 0 Å². The van der Waals surface area contributed by atoms with Crippen molar-refractivity contribution in [2.24, 2.45) is 34.5 Å². The maximum absolute atomic E-state index is 12.5. The van der Waals surface area contributed by atoms with Gasteiger partial charge in [0.25, 0.3) is 0 Å². The van der Waals surface area contributed by atoms with Crippen LogP contribution in [0.1, 0.15) is 58.8 Å². The molecule has 0 bridgehead atoms. The molecule has 31 heavy (non-hydrogen) atoms. The van der Waals surface area contributed by atoms with Gasteiger partial charge in [0.15, 0.2) is 5.78 Å². The molecule has 0 amide bonds. The van der Waals surface area contributed by atoms with Gasteiger partial charge in [-0.1, -0.05) is 13.8 Å². The van der Waals surface area contributed by atoms with Crippen molar-refractivity contribution in [3.8, 4) is 0 Å². The molecule has 0 aromatic carbocycles. The summed E-state index contributed by atoms with van der Waals surface area (Å²) in [5.41, 5.74) is -2.78. The molecule has 11 atom stereocenters. The van der Waals surface area contributed by atoms with Crippen LogP contribution in [0.3, 0.4) is 0 Å². The number of ether oxygens (including phenoxy) is 2. The van der Waals surface area contributed by atoms with Crippen molar-refractivity contribution < 1.29 is 39.2 Å². The van der Waals surface area contributed by atoms with Gasteiger partial charge in [0.05, 0.1) is 17.6 Å². The molecule has 6 fully saturated rings. The van der Waals surface area contributed by atoms with Crippen LogP contribution in [0.25, 0.3) is 0 Å². The third-order valence-corrected chi connectivity index (χ3v) is 10.6. The summed E-state index contributed by atoms with van der Waals surface area (Å²) in [5, 5.41) is 31.0. The Kier molecular flexibility index (Phi) is 3.70. The van der Waals surface area contributed by atoms with Crippen molar-refractivity contribution in [2.75, 3.05) is 0 Å². The van der Waals surface area contributed by atoms with Gasteiger partial charge in [-0.25, -0.2) is 0 Å². The van der Waals surface area contributed by atoms with Crippen LogP contribution in [0.4, 0.5) is 0 Å². The number of fused-ring (bicyclic) bond motifs is 5. The van der Waals surface area contributed by atoms with Crippen LogP contribution < -0.4 is 0 Å². The van der Waals surface area contributed by atoms with Gasteiger partial charge < -0.3 is 24.8 Å². The molecule has 4 aliphatic carbocycles. The molecule has 0 aromatic heterocycles. The summed E-state index contributed by atoms with van der Waals surface area (Å²) in [6.45, 7) is 4.14. The number of carboxylic acid groups (broad SMARTS) is 2. The molecule has 2 aliphatic heterocycles. The second kappa shape index (κ2) is 5.69. The summed E-state index contributed by atoms with van der Waals surface area (Å²) in [7, 11) is 0. The Labute approximate surface area is 180 Å². The minimum absolute atomic E-state index is 0.0706. The lowest BCUT2D eigenvalue weighted by molar-refractivity contribution is -0.178. The largest absolute Gasteiger partial charge is 0.481 e. The molecule has 6 unspecified atom stereocenters. The molecule has 2 heterocycles. The molecular formula is C23H30O8. The van der Waals surface area contributed by atoms with E-state index in [0.717, 1.165) is 0 Å². The highest BCUT2D eigenvalue weighted by Gasteiger charge is 2.87. The standard InChI is InChI=1S/C23H30O8/c1-20-9-14-23(31-14)16(12(20)3-5-22(20,29)6-4-15(25)26)11(19(27)28)7-10-8-13(24)17-18(30-17)21(10,23)2/h10-12,14,16-18,29H,3-9H2,1-2H3,(H,25,26)(H,27,28)/t10?,11?,12-,14?,16-,17?,18?,20-,21+,22-,23?/m0/s1. The molecule has 6 aliphatic rings. The summed E-state index contributed by atoms with van der Waals surface area (Å²) in [4.78, 5) is 36.1. The van der Waals surface area contributed by atoms with E-state index in [-0.39, 0.29) is 54.7 Å². The number of aliphatic hydroxyl groups is 1. The molecule has 0 radical (unpaired) electrons. The van der Waals surface area contributed by atoms with E-state index < -0.39 is 39.9 Å². The molecule has 0 aromatic rings. The zero-order valence-electron chi connectivity index (χ0n) is 17.9. The summed E-state index contributed by atoms with van der Waals surface area (Å²) in [6.07, 6.45) is 1.77. The Morgan fingerprint density at radius 1 is 1.23 bits per heavy atom. The number of hydrogen-bond donors (Lipinski definition) is 3. The monoisotopic (exact) mass is 434 g/mol. The molecule has 8 nitrogen and oxygen atoms in total. The fourth-order valence-corrected chi connectivity index (χ4v) is 8.96. The average Bonchev–Trinajstić information content (AvgIpc) is 3.58. The van der Waals surface area contributed by atoms with E-state index in [1.807, 2.05) is 6.92 Å². The first-order valence-corrected chi connectivity index (χ1v) is 11.5. The van der Waals surface area contributed by atoms with Crippen molar-refractivity contribution >= 4 is 17.7 Å². The maximum atomic E-state index is 12.5. The normalized spacial score (nSPS) is 58.3. The quantitative estimate of drug-likeness (QED) is 0.568. The second-order valence-corrected chi connectivity index (χ2v) is 11.4. The Bertz CT molecular complexity index is 902. The van der Waals surface area contributed by atoms with Crippen LogP contribution in [0.5, 0.6) is 0 Å². The molecule has 1 spiro atoms. The molecular weight excluding hydrogens is 404 g/mol. The average molecular weight is 434 g/mol. The molecule has 6 rings (SSSR count). The predicted octanol–water partition coefficient (Wildman–Crippen LogP) is 1.62. The van der Waals surface area contributed by atoms with Gasteiger partial charge >= 0.3 is 11.9 Å². The zero-order chi connectivity index (χ0) is 22.1. The van der Waals surface area contributed by atoms with Gasteiger partial charge in [0, 0.05) is 29.6 Å². The minimum atomic E-state index is -1.14. The summed E-state index contributed by atoms with van der Waals surface area (Å²) in [6, 6.07) is 0. The number of rotatable bonds is 4. The molecule has 170 valence electrons. The topological polar surface area (TPSA) is 137 Å². The number of carboxylic acids is 2. The van der Waals surface area contributed by atoms with Crippen LogP contribution in [0, 0.1) is 34.5 Å². The molecule has 2 saturated heterocycles. The van der Waals surface area contributed by atoms with E-state index in [1.165, 1.54) is 0 Å². The highest BCUT2D eigenvalue weighted by Crippen LogP contribution is 2.79. The Hall–Kier alpha value is -1.51. The van der Waals surface area contributed by atoms with E-state index in [1.54, 1.807) is 0 Å². The van der Waals surface area contributed by atoms with E-state index in [2.05, 4.69) is 6.92 Å². The van der Waals surface area contributed by atoms with Gasteiger partial charge in [0.2, 0.25) is 0 Å². The fraction of sp³-hybridized carbons (Fsp3) is 0.870. The Balaban J connectivity index is 1.43. The van der Waals surface area contributed by atoms with Crippen LogP contribution in [-0.2, 0) is 23.9 Å². The lowest BCUT2D eigenvalue weighted by Crippen LogP contribution is -2.67. The second-order valence-electron chi connectivity index (χ2n) is 11.4. The van der Waals surface area contributed by atoms with Gasteiger partial charge in [-0.05, 0) is 43.9 Å². The van der Waals surface area contributed by atoms with E-state index in [4.69, 9.17) is 9.47 Å². The van der Waals surface area contributed by atoms with Gasteiger partial charge in [-0.3, -0.25) is 14.4 Å². The fourth-order valence-electron chi connectivity index (χ4n) is 8.96. The first kappa shape index (κ1) is 20.1. The number of carbonyl (C=O) groups excluding carboxylic acids is 1. The van der Waals surface area contributed by atoms with Crippen LogP contribution >= 0.6 is 0 Å². The number of carbonyl (C=O) groups is 3. The molecule has 3 N–H and O–H groups in total. The van der Waals surface area contributed by atoms with Gasteiger partial charge in [0.1, 0.15) is 17.8 Å². The van der Waals surface area contributed by atoms with Crippen molar-refractivity contribution in [2.45, 2.75) is 88.3 Å². The highest BCUT2D eigenvalue weighted by atomic mass is 16.6. The summed E-state index contributed by atoms with van der Waals surface area (Å²) in [5.74, 6) is -2.79. The van der Waals surface area contributed by atoms with E-state index >= 15 is 0 Å². The first-order chi connectivity index (χ1) is 14.5. The van der Waals surface area contributed by atoms with Crippen molar-refractivity contribution in [1.29, 1.82) is 0 Å². The molecule has 4 saturated carbocycles. The van der Waals surface area contributed by atoms with Gasteiger partial charge in [-0.15, -0.1) is 0 Å². The number of ketones is 1. The summed E-state index contributed by atoms with van der Waals surface area (Å²) >= 11 is 0. The number of hydrogen-bond acceptors (Lipinski definition) is 6. The zero-order valence-corrected chi connectivity index (χ0v) is 17.9. The number of Topliss-reactive ketones (excluding diaryl/α,β-unsaturated/α-hetero) is 1. The lowest BCUT2D eigenvalue weighted by atomic mass is 9.41. The molecule has 8 heteroatoms. The van der Waals surface area contributed by atoms with E-state index in [9.17, 15) is 29.7 Å². The summed E-state index contributed by atoms with van der Waals surface area (Å²) < 4.78 is 12.3. The minimum Gasteiger partial charge on any atom is -0.481 e. The van der Waals surface area contributed by atoms with Crippen LogP contribution in [0.15, 0.2) is 0 Å². The highest BCUT2D eigenvalue weighted by molar-refractivity contribution is 5.88. The van der Waals surface area contributed by atoms with Crippen molar-refractivity contribution in [3.05, 3.63) is 0 Å². The maximum Gasteiger partial charge on any atom is 0.306 e. The SMILES string of the molecule is C[C@@]12C(CC(=O)C3OC31)CC(C(=O)O)[C@H]1[C@@H]3CC[C@](O)(CCC(=O)O)[C@@]3(C)CC3OC312. The lowest BCUT2D eigenvalue weighted by Gasteiger charge is -2.59. The predicted molar refractivity (Wildman–Crippen MR) is 104 cm³/mol. The first-order valence-electron chi connectivity index (χ1n) is 11.5.